The van der Waals surface area contributed by atoms with Crippen molar-refractivity contribution >= 4 is 17.3 Å². The van der Waals surface area contributed by atoms with Crippen molar-refractivity contribution in [1.82, 2.24) is 9.88 Å². The van der Waals surface area contributed by atoms with Crippen LogP contribution in [0.4, 0.5) is 0 Å². The van der Waals surface area contributed by atoms with Crippen molar-refractivity contribution in [2.45, 2.75) is 19.6 Å². The highest BCUT2D eigenvalue weighted by atomic mass is 32.1. The van der Waals surface area contributed by atoms with Crippen molar-refractivity contribution in [2.75, 3.05) is 20.2 Å². The minimum Gasteiger partial charge on any atom is -0.480 e. The van der Waals surface area contributed by atoms with Gasteiger partial charge in [-0.1, -0.05) is 0 Å². The Labute approximate surface area is 97.7 Å². The highest BCUT2D eigenvalue weighted by Crippen LogP contribution is 2.25. The summed E-state index contributed by atoms with van der Waals surface area (Å²) in [6.07, 6.45) is 0.836. The maximum Gasteiger partial charge on any atom is 0.317 e. The van der Waals surface area contributed by atoms with Gasteiger partial charge in [-0.3, -0.25) is 9.69 Å². The number of hydrogen-bond acceptors (Lipinski definition) is 5. The SMILES string of the molecule is COCc1nc2c(s1)CN(CC(=O)O)CC2. The molecule has 0 unspecified atom stereocenters. The summed E-state index contributed by atoms with van der Waals surface area (Å²) in [7, 11) is 1.65. The molecule has 2 rings (SSSR count). The highest BCUT2D eigenvalue weighted by molar-refractivity contribution is 7.11. The minimum absolute atomic E-state index is 0.108. The normalized spacial score (nSPS) is 16.1. The number of carbonyl (C=O) groups is 1. The Morgan fingerprint density at radius 2 is 2.50 bits per heavy atom. The molecule has 0 bridgehead atoms. The van der Waals surface area contributed by atoms with Crippen molar-refractivity contribution in [2.24, 2.45) is 0 Å². The second-order valence-electron chi connectivity index (χ2n) is 3.76. The molecule has 1 aromatic heterocycles. The molecule has 0 saturated heterocycles. The fourth-order valence-electron chi connectivity index (χ4n) is 1.81. The van der Waals surface area contributed by atoms with Crippen LogP contribution in [-0.2, 0) is 29.1 Å². The van der Waals surface area contributed by atoms with Crippen LogP contribution in [0.25, 0.3) is 0 Å². The van der Waals surface area contributed by atoms with E-state index in [4.69, 9.17) is 9.84 Å². The molecule has 0 fully saturated rings. The number of thiazole rings is 1. The zero-order chi connectivity index (χ0) is 11.5. The lowest BCUT2D eigenvalue weighted by Crippen LogP contribution is -2.34. The Bertz CT molecular complexity index is 391. The van der Waals surface area contributed by atoms with Gasteiger partial charge >= 0.3 is 5.97 Å². The number of aromatic nitrogens is 1. The number of aliphatic carboxylic acids is 1. The third kappa shape index (κ3) is 2.58. The van der Waals surface area contributed by atoms with Crippen LogP contribution in [0.15, 0.2) is 0 Å². The number of methoxy groups -OCH3 is 1. The first kappa shape index (κ1) is 11.5. The van der Waals surface area contributed by atoms with Crippen molar-refractivity contribution in [3.8, 4) is 0 Å². The van der Waals surface area contributed by atoms with Gasteiger partial charge in [0.2, 0.25) is 0 Å². The van der Waals surface area contributed by atoms with E-state index >= 15 is 0 Å². The molecule has 0 atom stereocenters. The van der Waals surface area contributed by atoms with Crippen LogP contribution >= 0.6 is 11.3 Å². The van der Waals surface area contributed by atoms with Gasteiger partial charge in [0.15, 0.2) is 0 Å². The van der Waals surface area contributed by atoms with E-state index in [1.165, 1.54) is 4.88 Å². The molecule has 16 heavy (non-hydrogen) atoms. The van der Waals surface area contributed by atoms with E-state index in [0.717, 1.165) is 23.7 Å². The summed E-state index contributed by atoms with van der Waals surface area (Å²) in [4.78, 5) is 18.2. The van der Waals surface area contributed by atoms with Gasteiger partial charge in [-0.2, -0.15) is 0 Å². The van der Waals surface area contributed by atoms with Gasteiger partial charge in [0.1, 0.15) is 5.01 Å². The third-order valence-corrected chi connectivity index (χ3v) is 3.54. The molecule has 0 spiro atoms. The first-order chi connectivity index (χ1) is 7.69. The van der Waals surface area contributed by atoms with Gasteiger partial charge in [-0.25, -0.2) is 4.98 Å². The molecule has 6 heteroatoms. The van der Waals surface area contributed by atoms with Crippen LogP contribution in [-0.4, -0.2) is 41.2 Å². The highest BCUT2D eigenvalue weighted by Gasteiger charge is 2.21. The summed E-state index contributed by atoms with van der Waals surface area (Å²) < 4.78 is 5.04. The van der Waals surface area contributed by atoms with Gasteiger partial charge in [-0.15, -0.1) is 11.3 Å². The molecule has 0 amide bonds. The van der Waals surface area contributed by atoms with E-state index in [1.54, 1.807) is 18.4 Å². The van der Waals surface area contributed by atoms with Gasteiger partial charge in [-0.05, 0) is 0 Å². The molecule has 0 radical (unpaired) electrons. The Morgan fingerprint density at radius 3 is 3.19 bits per heavy atom. The van der Waals surface area contributed by atoms with Crippen molar-refractivity contribution < 1.29 is 14.6 Å². The molecule has 1 aromatic rings. The molecule has 2 heterocycles. The number of rotatable bonds is 4. The quantitative estimate of drug-likeness (QED) is 0.843. The Morgan fingerprint density at radius 1 is 1.69 bits per heavy atom. The Kier molecular flexibility index (Phi) is 3.52. The summed E-state index contributed by atoms with van der Waals surface area (Å²) in [5, 5.41) is 9.71. The topological polar surface area (TPSA) is 62.7 Å². The van der Waals surface area contributed by atoms with Crippen molar-refractivity contribution in [1.29, 1.82) is 0 Å². The van der Waals surface area contributed by atoms with Crippen LogP contribution in [0.3, 0.4) is 0 Å². The molecule has 1 aliphatic heterocycles. The molecule has 0 aliphatic carbocycles. The summed E-state index contributed by atoms with van der Waals surface area (Å²) in [5.41, 5.74) is 1.11. The maximum atomic E-state index is 10.6. The maximum absolute atomic E-state index is 10.6. The lowest BCUT2D eigenvalue weighted by Gasteiger charge is -2.23. The average Bonchev–Trinajstić information content (AvgIpc) is 2.59. The van der Waals surface area contributed by atoms with Crippen LogP contribution in [0, 0.1) is 0 Å². The molecule has 88 valence electrons. The lowest BCUT2D eigenvalue weighted by molar-refractivity contribution is -0.138. The van der Waals surface area contributed by atoms with E-state index in [1.807, 2.05) is 4.90 Å². The Hall–Kier alpha value is -0.980. The smallest absolute Gasteiger partial charge is 0.317 e. The van der Waals surface area contributed by atoms with Gasteiger partial charge < -0.3 is 9.84 Å². The second kappa shape index (κ2) is 4.90. The van der Waals surface area contributed by atoms with Crippen LogP contribution < -0.4 is 0 Å². The largest absolute Gasteiger partial charge is 0.480 e. The number of hydrogen-bond donors (Lipinski definition) is 1. The predicted octanol–water partition coefficient (Wildman–Crippen LogP) is 0.732. The van der Waals surface area contributed by atoms with E-state index in [2.05, 4.69) is 4.98 Å². The molecule has 0 saturated carbocycles. The molecule has 5 nitrogen and oxygen atoms in total. The predicted molar refractivity (Wildman–Crippen MR) is 59.4 cm³/mol. The molecule has 1 aliphatic rings. The summed E-state index contributed by atoms with van der Waals surface area (Å²) in [6, 6.07) is 0. The Balaban J connectivity index is 2.05. The van der Waals surface area contributed by atoms with Crippen LogP contribution in [0.2, 0.25) is 0 Å². The number of ether oxygens (including phenoxy) is 1. The number of carboxylic acid groups (broad SMARTS) is 1. The zero-order valence-electron chi connectivity index (χ0n) is 9.10. The number of fused-ring (bicyclic) bond motifs is 1. The van der Waals surface area contributed by atoms with E-state index in [9.17, 15) is 4.79 Å². The zero-order valence-corrected chi connectivity index (χ0v) is 9.92. The average molecular weight is 242 g/mol. The monoisotopic (exact) mass is 242 g/mol. The van der Waals surface area contributed by atoms with Gasteiger partial charge in [0, 0.05) is 31.5 Å². The molecule has 1 N–H and O–H groups in total. The summed E-state index contributed by atoms with van der Waals surface area (Å²) in [5.74, 6) is -0.773. The first-order valence-corrected chi connectivity index (χ1v) is 5.91. The number of carboxylic acids is 1. The fraction of sp³-hybridized carbons (Fsp3) is 0.600. The first-order valence-electron chi connectivity index (χ1n) is 5.09. The summed E-state index contributed by atoms with van der Waals surface area (Å²) >= 11 is 1.62. The van der Waals surface area contributed by atoms with E-state index in [-0.39, 0.29) is 6.54 Å². The standard InChI is InChI=1S/C10H14N2O3S/c1-15-6-9-11-7-2-3-12(5-10(13)14)4-8(7)16-9/h2-6H2,1H3,(H,13,14). The van der Waals surface area contributed by atoms with Gasteiger partial charge in [0.05, 0.1) is 18.8 Å². The number of nitrogens with zero attached hydrogens (tertiary/aromatic N) is 2. The molecular weight excluding hydrogens is 228 g/mol. The van der Waals surface area contributed by atoms with Crippen LogP contribution in [0.5, 0.6) is 0 Å². The van der Waals surface area contributed by atoms with Crippen LogP contribution in [0.1, 0.15) is 15.6 Å². The van der Waals surface area contributed by atoms with E-state index in [0.29, 0.717) is 13.2 Å². The minimum atomic E-state index is -0.773. The van der Waals surface area contributed by atoms with Crippen molar-refractivity contribution in [3.05, 3.63) is 15.6 Å². The lowest BCUT2D eigenvalue weighted by atomic mass is 10.2. The van der Waals surface area contributed by atoms with Gasteiger partial charge in [0.25, 0.3) is 0 Å². The summed E-state index contributed by atoms with van der Waals surface area (Å²) in [6.45, 7) is 2.12. The van der Waals surface area contributed by atoms with Crippen molar-refractivity contribution in [3.63, 3.8) is 0 Å². The molecule has 0 aromatic carbocycles. The van der Waals surface area contributed by atoms with E-state index < -0.39 is 5.97 Å². The second-order valence-corrected chi connectivity index (χ2v) is 4.93. The third-order valence-electron chi connectivity index (χ3n) is 2.48. The molecular formula is C10H14N2O3S. The fourth-order valence-corrected chi connectivity index (χ4v) is 2.94.